The molecule has 0 heterocycles. The van der Waals surface area contributed by atoms with Crippen molar-refractivity contribution in [1.82, 2.24) is 0 Å². The Bertz CT molecular complexity index is 593. The molecule has 0 bridgehead atoms. The van der Waals surface area contributed by atoms with Crippen LogP contribution in [0.15, 0.2) is 36.4 Å². The molecule has 0 aromatic heterocycles. The van der Waals surface area contributed by atoms with Crippen LogP contribution in [0.1, 0.15) is 11.7 Å². The molecule has 18 heavy (non-hydrogen) atoms. The molecule has 0 spiro atoms. The number of aliphatic carboxylic acids is 1. The van der Waals surface area contributed by atoms with Crippen molar-refractivity contribution >= 4 is 16.7 Å². The molecule has 0 aliphatic heterocycles. The Morgan fingerprint density at radius 1 is 1.06 bits per heavy atom. The monoisotopic (exact) mass is 248 g/mol. The zero-order valence-electron chi connectivity index (χ0n) is 9.32. The third kappa shape index (κ3) is 2.01. The molecule has 0 aliphatic carbocycles. The minimum absolute atomic E-state index is 0.0106. The molecule has 0 saturated heterocycles. The van der Waals surface area contributed by atoms with Crippen LogP contribution in [0, 0.1) is 0 Å². The van der Waals surface area contributed by atoms with Gasteiger partial charge in [0.2, 0.25) is 0 Å². The third-order valence-electron chi connectivity index (χ3n) is 2.80. The number of aliphatic hydroxyl groups excluding tert-OH is 2. The zero-order valence-corrected chi connectivity index (χ0v) is 9.32. The van der Waals surface area contributed by atoms with Gasteiger partial charge in [0.15, 0.2) is 6.10 Å². The van der Waals surface area contributed by atoms with E-state index in [1.54, 1.807) is 30.3 Å². The molecule has 2 unspecified atom stereocenters. The number of phenols is 1. The molecule has 94 valence electrons. The van der Waals surface area contributed by atoms with Gasteiger partial charge in [-0.2, -0.15) is 0 Å². The summed E-state index contributed by atoms with van der Waals surface area (Å²) in [5.41, 5.74) is -0.0106. The molecule has 4 N–H and O–H groups in total. The van der Waals surface area contributed by atoms with Crippen LogP contribution >= 0.6 is 0 Å². The van der Waals surface area contributed by atoms with Crippen LogP contribution in [-0.2, 0) is 4.79 Å². The minimum atomic E-state index is -1.97. The summed E-state index contributed by atoms with van der Waals surface area (Å²) in [5.74, 6) is -1.77. The second-order valence-corrected chi connectivity index (χ2v) is 3.95. The summed E-state index contributed by atoms with van der Waals surface area (Å²) in [5, 5.41) is 38.9. The SMILES string of the molecule is O=C(O)C(O)C(O)c1ccc2ccccc2c1O. The van der Waals surface area contributed by atoms with Gasteiger partial charge in [-0.15, -0.1) is 0 Å². The second kappa shape index (κ2) is 4.64. The summed E-state index contributed by atoms with van der Waals surface area (Å²) in [4.78, 5) is 10.6. The van der Waals surface area contributed by atoms with Crippen LogP contribution in [0.4, 0.5) is 0 Å². The fourth-order valence-corrected chi connectivity index (χ4v) is 1.82. The predicted octanol–water partition coefficient (Wildman–Crippen LogP) is 1.02. The van der Waals surface area contributed by atoms with E-state index in [4.69, 9.17) is 5.11 Å². The highest BCUT2D eigenvalue weighted by Crippen LogP contribution is 2.33. The first-order valence-corrected chi connectivity index (χ1v) is 5.32. The maximum Gasteiger partial charge on any atom is 0.335 e. The minimum Gasteiger partial charge on any atom is -0.507 e. The molecule has 2 aromatic rings. The van der Waals surface area contributed by atoms with Gasteiger partial charge in [-0.25, -0.2) is 4.79 Å². The molecule has 0 amide bonds. The normalized spacial score (nSPS) is 14.3. The molecule has 0 radical (unpaired) electrons. The number of hydrogen-bond acceptors (Lipinski definition) is 4. The molecular formula is C13H12O5. The number of rotatable bonds is 3. The van der Waals surface area contributed by atoms with Crippen LogP contribution in [0.25, 0.3) is 10.8 Å². The standard InChI is InChI=1S/C13H12O5/c14-10-8-4-2-1-3-7(8)5-6-9(10)11(15)12(16)13(17)18/h1-6,11-12,14-16H,(H,17,18). The number of fused-ring (bicyclic) bond motifs is 1. The first-order valence-electron chi connectivity index (χ1n) is 5.32. The smallest absolute Gasteiger partial charge is 0.335 e. The number of carboxylic acids is 1. The lowest BCUT2D eigenvalue weighted by Gasteiger charge is -2.16. The highest BCUT2D eigenvalue weighted by molar-refractivity contribution is 5.89. The van der Waals surface area contributed by atoms with E-state index < -0.39 is 18.2 Å². The van der Waals surface area contributed by atoms with Gasteiger partial charge in [-0.05, 0) is 5.39 Å². The molecule has 2 aromatic carbocycles. The number of aromatic hydroxyl groups is 1. The average Bonchev–Trinajstić information content (AvgIpc) is 2.37. The Hall–Kier alpha value is -2.11. The van der Waals surface area contributed by atoms with Gasteiger partial charge in [0.25, 0.3) is 0 Å². The first kappa shape index (κ1) is 12.3. The van der Waals surface area contributed by atoms with E-state index in [1.165, 1.54) is 6.07 Å². The van der Waals surface area contributed by atoms with Gasteiger partial charge in [0.05, 0.1) is 0 Å². The molecule has 0 fully saturated rings. The number of aliphatic hydroxyl groups is 2. The molecular weight excluding hydrogens is 236 g/mol. The maximum absolute atomic E-state index is 10.6. The summed E-state index contributed by atoms with van der Waals surface area (Å²) in [6.45, 7) is 0. The van der Waals surface area contributed by atoms with Crippen molar-refractivity contribution in [2.75, 3.05) is 0 Å². The predicted molar refractivity (Wildman–Crippen MR) is 64.2 cm³/mol. The molecule has 2 rings (SSSR count). The van der Waals surface area contributed by atoms with Crippen LogP contribution in [0.2, 0.25) is 0 Å². The Labute approximate surface area is 103 Å². The molecule has 2 atom stereocenters. The van der Waals surface area contributed by atoms with Crippen molar-refractivity contribution in [1.29, 1.82) is 0 Å². The number of hydrogen-bond donors (Lipinski definition) is 4. The molecule has 5 nitrogen and oxygen atoms in total. The van der Waals surface area contributed by atoms with Crippen molar-refractivity contribution in [3.63, 3.8) is 0 Å². The van der Waals surface area contributed by atoms with Crippen LogP contribution in [0.3, 0.4) is 0 Å². The van der Waals surface area contributed by atoms with Gasteiger partial charge in [-0.1, -0.05) is 36.4 Å². The average molecular weight is 248 g/mol. The van der Waals surface area contributed by atoms with Crippen molar-refractivity contribution in [3.05, 3.63) is 42.0 Å². The zero-order chi connectivity index (χ0) is 13.3. The van der Waals surface area contributed by atoms with Gasteiger partial charge < -0.3 is 20.4 Å². The maximum atomic E-state index is 10.6. The number of phenolic OH excluding ortho intramolecular Hbond substituents is 1. The fraction of sp³-hybridized carbons (Fsp3) is 0.154. The highest BCUT2D eigenvalue weighted by Gasteiger charge is 2.27. The number of carbonyl (C=O) groups is 1. The second-order valence-electron chi connectivity index (χ2n) is 3.95. The topological polar surface area (TPSA) is 98.0 Å². The van der Waals surface area contributed by atoms with E-state index in [1.807, 2.05) is 0 Å². The fourth-order valence-electron chi connectivity index (χ4n) is 1.82. The molecule has 5 heteroatoms. The van der Waals surface area contributed by atoms with Crippen LogP contribution < -0.4 is 0 Å². The van der Waals surface area contributed by atoms with Crippen molar-refractivity contribution in [2.45, 2.75) is 12.2 Å². The van der Waals surface area contributed by atoms with Crippen molar-refractivity contribution in [2.24, 2.45) is 0 Å². The lowest BCUT2D eigenvalue weighted by atomic mass is 9.99. The van der Waals surface area contributed by atoms with E-state index in [-0.39, 0.29) is 11.3 Å². The van der Waals surface area contributed by atoms with Crippen molar-refractivity contribution in [3.8, 4) is 5.75 Å². The summed E-state index contributed by atoms with van der Waals surface area (Å²) in [6, 6.07) is 9.97. The van der Waals surface area contributed by atoms with E-state index in [0.29, 0.717) is 5.39 Å². The largest absolute Gasteiger partial charge is 0.507 e. The number of benzene rings is 2. The highest BCUT2D eigenvalue weighted by atomic mass is 16.4. The Morgan fingerprint density at radius 3 is 2.39 bits per heavy atom. The quantitative estimate of drug-likeness (QED) is 0.650. The van der Waals surface area contributed by atoms with Crippen LogP contribution in [0.5, 0.6) is 5.75 Å². The lowest BCUT2D eigenvalue weighted by molar-refractivity contribution is -0.153. The molecule has 0 saturated carbocycles. The van der Waals surface area contributed by atoms with Crippen molar-refractivity contribution < 1.29 is 25.2 Å². The summed E-state index contributed by atoms with van der Waals surface area (Å²) < 4.78 is 0. The van der Waals surface area contributed by atoms with E-state index in [0.717, 1.165) is 5.39 Å². The van der Waals surface area contributed by atoms with E-state index >= 15 is 0 Å². The van der Waals surface area contributed by atoms with E-state index in [9.17, 15) is 20.1 Å². The van der Waals surface area contributed by atoms with Gasteiger partial charge in [0.1, 0.15) is 11.9 Å². The number of carboxylic acid groups (broad SMARTS) is 1. The lowest BCUT2D eigenvalue weighted by Crippen LogP contribution is -2.27. The summed E-state index contributed by atoms with van der Waals surface area (Å²) in [7, 11) is 0. The summed E-state index contributed by atoms with van der Waals surface area (Å²) >= 11 is 0. The summed E-state index contributed by atoms with van der Waals surface area (Å²) in [6.07, 6.45) is -3.65. The third-order valence-corrected chi connectivity index (χ3v) is 2.80. The van der Waals surface area contributed by atoms with Gasteiger partial charge in [-0.3, -0.25) is 0 Å². The first-order chi connectivity index (χ1) is 8.52. The van der Waals surface area contributed by atoms with Gasteiger partial charge >= 0.3 is 5.97 Å². The Balaban J connectivity index is 2.52. The van der Waals surface area contributed by atoms with E-state index in [2.05, 4.69) is 0 Å². The molecule has 0 aliphatic rings. The van der Waals surface area contributed by atoms with Crippen LogP contribution in [-0.4, -0.2) is 32.5 Å². The Morgan fingerprint density at radius 2 is 1.72 bits per heavy atom. The Kier molecular flexibility index (Phi) is 3.18. The van der Waals surface area contributed by atoms with Gasteiger partial charge in [0, 0.05) is 10.9 Å².